The lowest BCUT2D eigenvalue weighted by atomic mass is 10.4. The lowest BCUT2D eigenvalue weighted by Crippen LogP contribution is -2.23. The van der Waals surface area contributed by atoms with Crippen LogP contribution in [0.3, 0.4) is 0 Å². The van der Waals surface area contributed by atoms with E-state index in [1.807, 2.05) is 0 Å². The number of hydrogen-bond acceptors (Lipinski definition) is 6. The number of nitrogens with two attached hydrogens (primary N) is 1. The Kier molecular flexibility index (Phi) is 2.27. The van der Waals surface area contributed by atoms with Crippen molar-refractivity contribution in [1.29, 1.82) is 0 Å². The van der Waals surface area contributed by atoms with E-state index < -0.39 is 0 Å². The molecule has 15 heavy (non-hydrogen) atoms. The van der Waals surface area contributed by atoms with E-state index in [1.54, 1.807) is 0 Å². The number of nitrogens with zero attached hydrogens (tertiary/aromatic N) is 4. The third kappa shape index (κ3) is 2.07. The zero-order valence-corrected chi connectivity index (χ0v) is 7.56. The number of rotatable bonds is 3. The van der Waals surface area contributed by atoms with Crippen LogP contribution in [0.1, 0.15) is 16.3 Å². The number of tetrazole rings is 1. The van der Waals surface area contributed by atoms with E-state index in [0.717, 1.165) is 0 Å². The molecular formula is C6H8N8O. The molecule has 2 rings (SSSR count). The minimum absolute atomic E-state index is 0.189. The van der Waals surface area contributed by atoms with E-state index in [1.165, 1.54) is 6.07 Å². The molecule has 0 saturated heterocycles. The van der Waals surface area contributed by atoms with E-state index in [4.69, 9.17) is 5.73 Å². The second kappa shape index (κ2) is 3.74. The molecule has 78 valence electrons. The molecule has 1 amide bonds. The summed E-state index contributed by atoms with van der Waals surface area (Å²) in [4.78, 5) is 11.4. The fourth-order valence-corrected chi connectivity index (χ4v) is 0.965. The SMILES string of the molecule is Nc1cc(C(=O)NCc2nn[nH]n2)[nH]n1. The van der Waals surface area contributed by atoms with Gasteiger partial charge in [-0.1, -0.05) is 5.21 Å². The number of amides is 1. The predicted octanol–water partition coefficient (Wildman–Crippen LogP) is -1.57. The van der Waals surface area contributed by atoms with Crippen LogP contribution in [0.15, 0.2) is 6.07 Å². The van der Waals surface area contributed by atoms with Gasteiger partial charge in [-0.2, -0.15) is 10.3 Å². The standard InChI is InChI=1S/C6H8N8O/c7-4-1-3(9-10-4)6(15)8-2-5-11-13-14-12-5/h1H,2H2,(H,8,15)(H3,7,9,10)(H,11,12,13,14). The Hall–Kier alpha value is -2.45. The van der Waals surface area contributed by atoms with Crippen LogP contribution < -0.4 is 11.1 Å². The summed E-state index contributed by atoms with van der Waals surface area (Å²) in [6, 6.07) is 1.44. The predicted molar refractivity (Wildman–Crippen MR) is 48.3 cm³/mol. The van der Waals surface area contributed by atoms with Crippen LogP contribution in [0.4, 0.5) is 5.82 Å². The maximum atomic E-state index is 11.4. The normalized spacial score (nSPS) is 10.1. The summed E-state index contributed by atoms with van der Waals surface area (Å²) >= 11 is 0. The first-order valence-corrected chi connectivity index (χ1v) is 4.07. The van der Waals surface area contributed by atoms with Gasteiger partial charge in [0.05, 0.1) is 6.54 Å². The zero-order valence-electron chi connectivity index (χ0n) is 7.56. The minimum Gasteiger partial charge on any atom is -0.382 e. The molecule has 0 spiro atoms. The largest absolute Gasteiger partial charge is 0.382 e. The van der Waals surface area contributed by atoms with Crippen molar-refractivity contribution in [3.8, 4) is 0 Å². The van der Waals surface area contributed by atoms with Crippen LogP contribution in [-0.4, -0.2) is 36.7 Å². The molecule has 0 aliphatic carbocycles. The molecule has 2 aromatic heterocycles. The molecule has 0 aliphatic rings. The maximum Gasteiger partial charge on any atom is 0.269 e. The molecule has 0 bridgehead atoms. The van der Waals surface area contributed by atoms with Gasteiger partial charge in [-0.3, -0.25) is 9.89 Å². The Bertz CT molecular complexity index is 445. The smallest absolute Gasteiger partial charge is 0.269 e. The number of anilines is 1. The lowest BCUT2D eigenvalue weighted by molar-refractivity contribution is 0.0945. The number of hydrogen-bond donors (Lipinski definition) is 4. The van der Waals surface area contributed by atoms with Gasteiger partial charge in [0.25, 0.3) is 5.91 Å². The Morgan fingerprint density at radius 1 is 1.53 bits per heavy atom. The minimum atomic E-state index is -0.330. The van der Waals surface area contributed by atoms with Crippen LogP contribution in [0.2, 0.25) is 0 Å². The molecule has 0 saturated carbocycles. The highest BCUT2D eigenvalue weighted by molar-refractivity contribution is 5.92. The molecule has 0 radical (unpaired) electrons. The number of nitrogens with one attached hydrogen (secondary N) is 3. The average Bonchev–Trinajstić information content (AvgIpc) is 2.84. The van der Waals surface area contributed by atoms with Gasteiger partial charge in [-0.25, -0.2) is 0 Å². The average molecular weight is 208 g/mol. The van der Waals surface area contributed by atoms with E-state index in [-0.39, 0.29) is 24.0 Å². The fourth-order valence-electron chi connectivity index (χ4n) is 0.965. The van der Waals surface area contributed by atoms with Crippen molar-refractivity contribution in [2.45, 2.75) is 6.54 Å². The molecule has 0 fully saturated rings. The topological polar surface area (TPSA) is 138 Å². The molecule has 5 N–H and O–H groups in total. The van der Waals surface area contributed by atoms with Gasteiger partial charge in [0.15, 0.2) is 5.82 Å². The van der Waals surface area contributed by atoms with E-state index in [9.17, 15) is 4.79 Å². The Balaban J connectivity index is 1.93. The van der Waals surface area contributed by atoms with Crippen LogP contribution >= 0.6 is 0 Å². The van der Waals surface area contributed by atoms with Gasteiger partial charge in [-0.15, -0.1) is 10.2 Å². The fraction of sp³-hybridized carbons (Fsp3) is 0.167. The third-order valence-electron chi connectivity index (χ3n) is 1.64. The van der Waals surface area contributed by atoms with Crippen molar-refractivity contribution in [2.24, 2.45) is 0 Å². The lowest BCUT2D eigenvalue weighted by Gasteiger charge is -1.97. The van der Waals surface area contributed by atoms with Gasteiger partial charge >= 0.3 is 0 Å². The molecule has 2 aromatic rings. The first-order chi connectivity index (χ1) is 7.25. The van der Waals surface area contributed by atoms with Crippen LogP contribution in [-0.2, 0) is 6.54 Å². The number of aromatic amines is 2. The molecule has 0 unspecified atom stereocenters. The number of nitrogen functional groups attached to an aromatic ring is 1. The van der Waals surface area contributed by atoms with Gasteiger partial charge < -0.3 is 11.1 Å². The van der Waals surface area contributed by atoms with Gasteiger partial charge in [-0.05, 0) is 0 Å². The number of aromatic nitrogens is 6. The molecule has 2 heterocycles. The molecule has 0 aromatic carbocycles. The number of carbonyl (C=O) groups is 1. The van der Waals surface area contributed by atoms with Gasteiger partial charge in [0, 0.05) is 6.07 Å². The summed E-state index contributed by atoms with van der Waals surface area (Å²) < 4.78 is 0. The summed E-state index contributed by atoms with van der Waals surface area (Å²) in [5.41, 5.74) is 5.63. The van der Waals surface area contributed by atoms with E-state index in [2.05, 4.69) is 36.1 Å². The first-order valence-electron chi connectivity index (χ1n) is 4.07. The highest BCUT2D eigenvalue weighted by Crippen LogP contribution is 1.99. The quantitative estimate of drug-likeness (QED) is 0.481. The highest BCUT2D eigenvalue weighted by atomic mass is 16.1. The Morgan fingerprint density at radius 2 is 2.40 bits per heavy atom. The Labute approximate surface area is 83.4 Å². The van der Waals surface area contributed by atoms with Crippen molar-refractivity contribution in [2.75, 3.05) is 5.73 Å². The second-order valence-corrected chi connectivity index (χ2v) is 2.72. The molecule has 0 aliphatic heterocycles. The highest BCUT2D eigenvalue weighted by Gasteiger charge is 2.09. The third-order valence-corrected chi connectivity index (χ3v) is 1.64. The van der Waals surface area contributed by atoms with Crippen LogP contribution in [0.5, 0.6) is 0 Å². The van der Waals surface area contributed by atoms with Crippen LogP contribution in [0.25, 0.3) is 0 Å². The Morgan fingerprint density at radius 3 is 3.00 bits per heavy atom. The number of carbonyl (C=O) groups excluding carboxylic acids is 1. The molecule has 9 heteroatoms. The molecule has 9 nitrogen and oxygen atoms in total. The van der Waals surface area contributed by atoms with Crippen molar-refractivity contribution in [3.05, 3.63) is 17.6 Å². The summed E-state index contributed by atoms with van der Waals surface area (Å²) in [6.07, 6.45) is 0. The van der Waals surface area contributed by atoms with Crippen molar-refractivity contribution >= 4 is 11.7 Å². The number of H-pyrrole nitrogens is 2. The van der Waals surface area contributed by atoms with Gasteiger partial charge in [0.2, 0.25) is 0 Å². The monoisotopic (exact) mass is 208 g/mol. The first kappa shape index (κ1) is 9.12. The molecule has 0 atom stereocenters. The second-order valence-electron chi connectivity index (χ2n) is 2.72. The summed E-state index contributed by atoms with van der Waals surface area (Å²) in [6.45, 7) is 0.189. The van der Waals surface area contributed by atoms with E-state index in [0.29, 0.717) is 5.82 Å². The summed E-state index contributed by atoms with van der Waals surface area (Å²) in [7, 11) is 0. The van der Waals surface area contributed by atoms with Gasteiger partial charge in [0.1, 0.15) is 11.5 Å². The zero-order chi connectivity index (χ0) is 10.7. The summed E-state index contributed by atoms with van der Waals surface area (Å²) in [5, 5.41) is 21.6. The van der Waals surface area contributed by atoms with E-state index >= 15 is 0 Å². The van der Waals surface area contributed by atoms with Crippen LogP contribution in [0, 0.1) is 0 Å². The van der Waals surface area contributed by atoms with Crippen molar-refractivity contribution in [3.63, 3.8) is 0 Å². The summed E-state index contributed by atoms with van der Waals surface area (Å²) in [5.74, 6) is 0.333. The van der Waals surface area contributed by atoms with Crippen molar-refractivity contribution < 1.29 is 4.79 Å². The maximum absolute atomic E-state index is 11.4. The molecular weight excluding hydrogens is 200 g/mol. The van der Waals surface area contributed by atoms with Crippen molar-refractivity contribution in [1.82, 2.24) is 36.1 Å².